The van der Waals surface area contributed by atoms with Gasteiger partial charge in [-0.2, -0.15) is 4.98 Å². The number of halogens is 1. The van der Waals surface area contributed by atoms with Gasteiger partial charge in [0.25, 0.3) is 5.89 Å². The molecule has 4 nitrogen and oxygen atoms in total. The first-order chi connectivity index (χ1) is 8.08. The third-order valence-corrected chi connectivity index (χ3v) is 2.55. The second-order valence-electron chi connectivity index (χ2n) is 4.23. The smallest absolute Gasteiger partial charge is 0.257 e. The average Bonchev–Trinajstić information content (AvgIpc) is 2.78. The van der Waals surface area contributed by atoms with Crippen molar-refractivity contribution < 1.29 is 8.91 Å². The highest BCUT2D eigenvalue weighted by molar-refractivity contribution is 5.52. The zero-order valence-corrected chi connectivity index (χ0v) is 9.72. The van der Waals surface area contributed by atoms with Gasteiger partial charge in [-0.05, 0) is 30.2 Å². The third kappa shape index (κ3) is 2.50. The van der Waals surface area contributed by atoms with Crippen LogP contribution in [0.4, 0.5) is 4.39 Å². The first-order valence-corrected chi connectivity index (χ1v) is 5.43. The number of nitrogens with zero attached hydrogens (tertiary/aromatic N) is 2. The van der Waals surface area contributed by atoms with Gasteiger partial charge < -0.3 is 10.3 Å². The minimum atomic E-state index is -0.299. The van der Waals surface area contributed by atoms with Crippen LogP contribution in [0.15, 0.2) is 28.8 Å². The van der Waals surface area contributed by atoms with Gasteiger partial charge in [-0.1, -0.05) is 19.0 Å². The van der Waals surface area contributed by atoms with Crippen molar-refractivity contribution in [2.75, 3.05) is 0 Å². The SMILES string of the molecule is CC(C)C(N)c1noc(-c2ccc(F)cc2)n1. The number of hydrogen-bond acceptors (Lipinski definition) is 4. The Morgan fingerprint density at radius 2 is 1.88 bits per heavy atom. The summed E-state index contributed by atoms with van der Waals surface area (Å²) in [6, 6.07) is 5.62. The molecule has 0 radical (unpaired) electrons. The van der Waals surface area contributed by atoms with E-state index in [1.54, 1.807) is 12.1 Å². The van der Waals surface area contributed by atoms with Crippen molar-refractivity contribution in [3.05, 3.63) is 35.9 Å². The van der Waals surface area contributed by atoms with E-state index in [4.69, 9.17) is 10.3 Å². The van der Waals surface area contributed by atoms with E-state index in [1.807, 2.05) is 13.8 Å². The largest absolute Gasteiger partial charge is 0.334 e. The molecule has 1 unspecified atom stereocenters. The van der Waals surface area contributed by atoms with Gasteiger partial charge in [0.1, 0.15) is 5.82 Å². The molecular formula is C12H14FN3O. The van der Waals surface area contributed by atoms with E-state index in [1.165, 1.54) is 12.1 Å². The Morgan fingerprint density at radius 1 is 1.24 bits per heavy atom. The molecule has 0 bridgehead atoms. The van der Waals surface area contributed by atoms with Gasteiger partial charge in [0.2, 0.25) is 0 Å². The van der Waals surface area contributed by atoms with Crippen LogP contribution in [0.5, 0.6) is 0 Å². The molecule has 2 N–H and O–H groups in total. The van der Waals surface area contributed by atoms with Gasteiger partial charge in [-0.15, -0.1) is 0 Å². The molecule has 0 aliphatic rings. The van der Waals surface area contributed by atoms with Crippen molar-refractivity contribution in [1.29, 1.82) is 0 Å². The van der Waals surface area contributed by atoms with Crippen LogP contribution in [0.3, 0.4) is 0 Å². The summed E-state index contributed by atoms with van der Waals surface area (Å²) in [5, 5.41) is 3.83. The average molecular weight is 235 g/mol. The normalized spacial score (nSPS) is 13.0. The van der Waals surface area contributed by atoms with Crippen LogP contribution < -0.4 is 5.73 Å². The van der Waals surface area contributed by atoms with E-state index in [0.29, 0.717) is 17.3 Å². The highest BCUT2D eigenvalue weighted by atomic mass is 19.1. The standard InChI is InChI=1S/C12H14FN3O/c1-7(2)10(14)11-15-12(17-16-11)8-3-5-9(13)6-4-8/h3-7,10H,14H2,1-2H3. The molecule has 90 valence electrons. The van der Waals surface area contributed by atoms with E-state index in [9.17, 15) is 4.39 Å². The van der Waals surface area contributed by atoms with E-state index < -0.39 is 0 Å². The van der Waals surface area contributed by atoms with Gasteiger partial charge in [0.15, 0.2) is 5.82 Å². The van der Waals surface area contributed by atoms with Crippen LogP contribution >= 0.6 is 0 Å². The molecule has 0 aliphatic carbocycles. The second-order valence-corrected chi connectivity index (χ2v) is 4.23. The highest BCUT2D eigenvalue weighted by Gasteiger charge is 2.17. The van der Waals surface area contributed by atoms with Gasteiger partial charge >= 0.3 is 0 Å². The molecule has 0 amide bonds. The molecule has 0 spiro atoms. The summed E-state index contributed by atoms with van der Waals surface area (Å²) in [5.41, 5.74) is 6.59. The van der Waals surface area contributed by atoms with Crippen LogP contribution in [0.25, 0.3) is 11.5 Å². The first-order valence-electron chi connectivity index (χ1n) is 5.43. The van der Waals surface area contributed by atoms with Crippen LogP contribution in [0.2, 0.25) is 0 Å². The summed E-state index contributed by atoms with van der Waals surface area (Å²) >= 11 is 0. The molecule has 2 rings (SSSR count). The fourth-order valence-corrected chi connectivity index (χ4v) is 1.38. The lowest BCUT2D eigenvalue weighted by molar-refractivity contribution is 0.400. The van der Waals surface area contributed by atoms with Crippen LogP contribution in [-0.2, 0) is 0 Å². The number of nitrogens with two attached hydrogens (primary N) is 1. The highest BCUT2D eigenvalue weighted by Crippen LogP contribution is 2.21. The van der Waals surface area contributed by atoms with Crippen molar-refractivity contribution in [3.8, 4) is 11.5 Å². The summed E-state index contributed by atoms with van der Waals surface area (Å²) in [4.78, 5) is 4.21. The maximum absolute atomic E-state index is 12.8. The zero-order valence-electron chi connectivity index (χ0n) is 9.72. The van der Waals surface area contributed by atoms with Crippen molar-refractivity contribution in [3.63, 3.8) is 0 Å². The van der Waals surface area contributed by atoms with E-state index in [-0.39, 0.29) is 17.8 Å². The van der Waals surface area contributed by atoms with E-state index >= 15 is 0 Å². The Morgan fingerprint density at radius 3 is 2.47 bits per heavy atom. The summed E-state index contributed by atoms with van der Waals surface area (Å²) < 4.78 is 17.9. The number of hydrogen-bond donors (Lipinski definition) is 1. The lowest BCUT2D eigenvalue weighted by Crippen LogP contribution is -2.18. The molecule has 1 aromatic carbocycles. The Hall–Kier alpha value is -1.75. The molecule has 1 heterocycles. The molecule has 2 aromatic rings. The summed E-state index contributed by atoms with van der Waals surface area (Å²) in [5.74, 6) is 0.761. The maximum Gasteiger partial charge on any atom is 0.257 e. The molecule has 5 heteroatoms. The fraction of sp³-hybridized carbons (Fsp3) is 0.333. The van der Waals surface area contributed by atoms with Gasteiger partial charge in [-0.3, -0.25) is 0 Å². The minimum Gasteiger partial charge on any atom is -0.334 e. The van der Waals surface area contributed by atoms with Crippen molar-refractivity contribution in [2.24, 2.45) is 11.7 Å². The topological polar surface area (TPSA) is 64.9 Å². The number of benzene rings is 1. The molecule has 1 aromatic heterocycles. The fourth-order valence-electron chi connectivity index (χ4n) is 1.38. The van der Waals surface area contributed by atoms with Gasteiger partial charge in [-0.25, -0.2) is 4.39 Å². The van der Waals surface area contributed by atoms with Crippen LogP contribution in [-0.4, -0.2) is 10.1 Å². The Bertz CT molecular complexity index is 493. The summed E-state index contributed by atoms with van der Waals surface area (Å²) in [6.07, 6.45) is 0. The van der Waals surface area contributed by atoms with E-state index in [0.717, 1.165) is 0 Å². The Balaban J connectivity index is 2.26. The molecule has 17 heavy (non-hydrogen) atoms. The Kier molecular flexibility index (Phi) is 3.19. The molecule has 0 fully saturated rings. The molecule has 1 atom stereocenters. The van der Waals surface area contributed by atoms with Crippen LogP contribution in [0.1, 0.15) is 25.7 Å². The van der Waals surface area contributed by atoms with Gasteiger partial charge in [0.05, 0.1) is 6.04 Å². The molecule has 0 saturated heterocycles. The number of rotatable bonds is 3. The van der Waals surface area contributed by atoms with Gasteiger partial charge in [0, 0.05) is 5.56 Å². The van der Waals surface area contributed by atoms with Crippen LogP contribution in [0, 0.1) is 11.7 Å². The minimum absolute atomic E-state index is 0.230. The maximum atomic E-state index is 12.8. The quantitative estimate of drug-likeness (QED) is 0.887. The zero-order chi connectivity index (χ0) is 12.4. The summed E-state index contributed by atoms with van der Waals surface area (Å²) in [7, 11) is 0. The predicted molar refractivity (Wildman–Crippen MR) is 61.5 cm³/mol. The Labute approximate surface area is 98.6 Å². The monoisotopic (exact) mass is 235 g/mol. The predicted octanol–water partition coefficient (Wildman–Crippen LogP) is 2.53. The summed E-state index contributed by atoms with van der Waals surface area (Å²) in [6.45, 7) is 3.97. The third-order valence-electron chi connectivity index (χ3n) is 2.55. The molecule has 0 saturated carbocycles. The lowest BCUT2D eigenvalue weighted by atomic mass is 10.1. The first kappa shape index (κ1) is 11.7. The van der Waals surface area contributed by atoms with E-state index in [2.05, 4.69) is 10.1 Å². The second kappa shape index (κ2) is 4.63. The van der Waals surface area contributed by atoms with Crippen molar-refractivity contribution in [2.45, 2.75) is 19.9 Å². The molecule has 0 aliphatic heterocycles. The van der Waals surface area contributed by atoms with Crippen molar-refractivity contribution in [1.82, 2.24) is 10.1 Å². The molecular weight excluding hydrogens is 221 g/mol. The van der Waals surface area contributed by atoms with Crippen molar-refractivity contribution >= 4 is 0 Å². The number of aromatic nitrogens is 2. The lowest BCUT2D eigenvalue weighted by Gasteiger charge is -2.09.